The number of methoxy groups -OCH3 is 1. The Morgan fingerprint density at radius 2 is 1.62 bits per heavy atom. The summed E-state index contributed by atoms with van der Waals surface area (Å²) in [5.41, 5.74) is 0. The van der Waals surface area contributed by atoms with Crippen molar-refractivity contribution in [2.24, 2.45) is 0 Å². The Morgan fingerprint density at radius 3 is 1.92 bits per heavy atom. The van der Waals surface area contributed by atoms with Crippen molar-refractivity contribution in [3.05, 3.63) is 28.2 Å². The summed E-state index contributed by atoms with van der Waals surface area (Å²) in [4.78, 5) is 1.97. The molecule has 0 N–H and O–H groups in total. The van der Waals surface area contributed by atoms with E-state index in [0.29, 0.717) is 4.47 Å². The van der Waals surface area contributed by atoms with Gasteiger partial charge in [-0.1, -0.05) is 38.5 Å². The zero-order chi connectivity index (χ0) is 10.4. The molecule has 0 saturated carbocycles. The highest BCUT2D eigenvalue weighted by Crippen LogP contribution is 2.24. The lowest BCUT2D eigenvalue weighted by atomic mass is 10.3. The number of rotatable bonds is 1. The zero-order valence-electron chi connectivity index (χ0n) is 7.07. The number of hydrogen-bond acceptors (Lipinski definition) is 1. The maximum Gasteiger partial charge on any atom is 0.190 e. The van der Waals surface area contributed by atoms with Crippen LogP contribution in [0.1, 0.15) is 0 Å². The molecule has 1 aromatic carbocycles. The summed E-state index contributed by atoms with van der Waals surface area (Å²) in [5.74, 6) is -1.77. The van der Waals surface area contributed by atoms with E-state index in [-0.39, 0.29) is 5.75 Å². The van der Waals surface area contributed by atoms with E-state index >= 15 is 0 Å². The molecule has 0 aromatic heterocycles. The molecule has 0 aliphatic rings. The van der Waals surface area contributed by atoms with Crippen LogP contribution in [0.4, 0.5) is 8.78 Å². The third-order valence-electron chi connectivity index (χ3n) is 1.17. The minimum Gasteiger partial charge on any atom is -0.491 e. The van der Waals surface area contributed by atoms with Gasteiger partial charge in [0.15, 0.2) is 17.4 Å². The maximum atomic E-state index is 12.7. The van der Waals surface area contributed by atoms with Gasteiger partial charge in [0.1, 0.15) is 0 Å². The van der Waals surface area contributed by atoms with Crippen molar-refractivity contribution < 1.29 is 13.5 Å². The Labute approximate surface area is 97.7 Å². The van der Waals surface area contributed by atoms with Crippen LogP contribution in [0.5, 0.6) is 5.75 Å². The molecule has 0 bridgehead atoms. The van der Waals surface area contributed by atoms with Gasteiger partial charge in [-0.15, -0.1) is 0 Å². The molecular weight excluding hydrogens is 357 g/mol. The molecule has 0 aliphatic carbocycles. The molecule has 0 unspecified atom stereocenters. The van der Waals surface area contributed by atoms with Crippen LogP contribution >= 0.6 is 38.5 Å². The number of halogens is 4. The topological polar surface area (TPSA) is 9.23 Å². The van der Waals surface area contributed by atoms with Crippen LogP contribution in [0, 0.1) is 11.6 Å². The van der Waals surface area contributed by atoms with Gasteiger partial charge in [0, 0.05) is 4.47 Å². The molecule has 0 radical (unpaired) electrons. The summed E-state index contributed by atoms with van der Waals surface area (Å²) >= 11 is 5.09. The van der Waals surface area contributed by atoms with Gasteiger partial charge >= 0.3 is 0 Å². The third-order valence-corrected chi connectivity index (χ3v) is 1.63. The normalized spacial score (nSPS) is 8.77. The molecule has 1 nitrogen and oxygen atoms in total. The third kappa shape index (κ3) is 3.76. The first-order valence-corrected chi connectivity index (χ1v) is 6.16. The molecule has 1 aromatic rings. The highest BCUT2D eigenvalue weighted by molar-refractivity contribution is 14.1. The number of alkyl halides is 1. The molecule has 0 aliphatic heterocycles. The molecule has 0 saturated heterocycles. The highest BCUT2D eigenvalue weighted by Gasteiger charge is 2.09. The molecule has 5 heteroatoms. The van der Waals surface area contributed by atoms with E-state index in [0.717, 1.165) is 12.1 Å². The Morgan fingerprint density at radius 1 is 1.23 bits per heavy atom. The number of hydrogen-bond donors (Lipinski definition) is 0. The van der Waals surface area contributed by atoms with E-state index in [1.54, 1.807) is 0 Å². The van der Waals surface area contributed by atoms with Gasteiger partial charge in [0.2, 0.25) is 0 Å². The van der Waals surface area contributed by atoms with Crippen molar-refractivity contribution in [2.45, 2.75) is 0 Å². The predicted octanol–water partition coefficient (Wildman–Crippen LogP) is 3.79. The van der Waals surface area contributed by atoms with E-state index in [1.165, 1.54) is 7.11 Å². The van der Waals surface area contributed by atoms with Crippen LogP contribution in [0.2, 0.25) is 0 Å². The average molecular weight is 365 g/mol. The van der Waals surface area contributed by atoms with Crippen LogP contribution in [0.25, 0.3) is 0 Å². The molecule has 1 rings (SSSR count). The summed E-state index contributed by atoms with van der Waals surface area (Å²) in [5, 5.41) is 0. The van der Waals surface area contributed by atoms with Gasteiger partial charge in [0.05, 0.1) is 7.11 Å². The SMILES string of the molecule is CI.COc1c(F)cc(Br)cc1F. The van der Waals surface area contributed by atoms with Crippen LogP contribution in [-0.4, -0.2) is 12.0 Å². The van der Waals surface area contributed by atoms with Gasteiger partial charge in [-0.3, -0.25) is 0 Å². The van der Waals surface area contributed by atoms with E-state index in [2.05, 4.69) is 43.3 Å². The second-order valence-electron chi connectivity index (χ2n) is 1.90. The second kappa shape index (κ2) is 6.53. The Bertz CT molecular complexity index is 258. The van der Waals surface area contributed by atoms with Gasteiger partial charge in [0.25, 0.3) is 0 Å². The Balaban J connectivity index is 0.000000671. The van der Waals surface area contributed by atoms with Gasteiger partial charge < -0.3 is 4.74 Å². The smallest absolute Gasteiger partial charge is 0.190 e. The minimum absolute atomic E-state index is 0.354. The largest absolute Gasteiger partial charge is 0.491 e. The molecule has 74 valence electrons. The standard InChI is InChI=1S/C7H5BrF2O.CH3I/c1-11-7-5(9)2-4(8)3-6(7)10;1-2/h2-3H,1H3;1H3. The first-order chi connectivity index (χ1) is 6.15. The highest BCUT2D eigenvalue weighted by atomic mass is 127. The van der Waals surface area contributed by atoms with E-state index < -0.39 is 11.6 Å². The lowest BCUT2D eigenvalue weighted by Crippen LogP contribution is -1.91. The number of ether oxygens (including phenoxy) is 1. The zero-order valence-corrected chi connectivity index (χ0v) is 10.8. The molecule has 13 heavy (non-hydrogen) atoms. The van der Waals surface area contributed by atoms with E-state index in [9.17, 15) is 8.78 Å². The fourth-order valence-electron chi connectivity index (χ4n) is 0.724. The molecular formula is C8H8BrF2IO. The minimum atomic E-state index is -0.709. The second-order valence-corrected chi connectivity index (χ2v) is 2.82. The summed E-state index contributed by atoms with van der Waals surface area (Å²) < 4.78 is 30.2. The Kier molecular flexibility index (Phi) is 6.58. The fraction of sp³-hybridized carbons (Fsp3) is 0.250. The van der Waals surface area contributed by atoms with Crippen molar-refractivity contribution in [3.63, 3.8) is 0 Å². The Hall–Kier alpha value is 0.0900. The van der Waals surface area contributed by atoms with Crippen molar-refractivity contribution in [3.8, 4) is 5.75 Å². The van der Waals surface area contributed by atoms with E-state index in [1.807, 2.05) is 4.93 Å². The summed E-state index contributed by atoms with van der Waals surface area (Å²) in [6.45, 7) is 0. The monoisotopic (exact) mass is 364 g/mol. The molecule has 0 atom stereocenters. The quantitative estimate of drug-likeness (QED) is 0.544. The molecule has 0 amide bonds. The first kappa shape index (κ1) is 13.1. The molecule has 0 spiro atoms. The molecule has 0 fully saturated rings. The summed E-state index contributed by atoms with van der Waals surface area (Å²) in [6.07, 6.45) is 0. The van der Waals surface area contributed by atoms with Crippen LogP contribution < -0.4 is 4.74 Å². The van der Waals surface area contributed by atoms with Gasteiger partial charge in [-0.25, -0.2) is 8.78 Å². The fourth-order valence-corrected chi connectivity index (χ4v) is 1.13. The molecule has 0 heterocycles. The average Bonchev–Trinajstić information content (AvgIpc) is 2.07. The predicted molar refractivity (Wildman–Crippen MR) is 60.6 cm³/mol. The van der Waals surface area contributed by atoms with Crippen molar-refractivity contribution in [1.29, 1.82) is 0 Å². The first-order valence-electron chi connectivity index (χ1n) is 3.21. The lowest BCUT2D eigenvalue weighted by molar-refractivity contribution is 0.359. The maximum absolute atomic E-state index is 12.7. The van der Waals surface area contributed by atoms with Crippen LogP contribution in [-0.2, 0) is 0 Å². The van der Waals surface area contributed by atoms with Crippen molar-refractivity contribution in [2.75, 3.05) is 12.0 Å². The van der Waals surface area contributed by atoms with E-state index in [4.69, 9.17) is 0 Å². The van der Waals surface area contributed by atoms with Crippen molar-refractivity contribution >= 4 is 38.5 Å². The summed E-state index contributed by atoms with van der Waals surface area (Å²) in [6, 6.07) is 2.28. The lowest BCUT2D eigenvalue weighted by Gasteiger charge is -2.02. The van der Waals surface area contributed by atoms with Gasteiger partial charge in [-0.05, 0) is 17.1 Å². The number of benzene rings is 1. The van der Waals surface area contributed by atoms with Crippen molar-refractivity contribution in [1.82, 2.24) is 0 Å². The van der Waals surface area contributed by atoms with Crippen LogP contribution in [0.15, 0.2) is 16.6 Å². The summed E-state index contributed by atoms with van der Waals surface area (Å²) in [7, 11) is 1.22. The van der Waals surface area contributed by atoms with Gasteiger partial charge in [-0.2, -0.15) is 0 Å². The van der Waals surface area contributed by atoms with Crippen LogP contribution in [0.3, 0.4) is 0 Å².